The number of nitrogens with zero attached hydrogens (tertiary/aromatic N) is 4. The summed E-state index contributed by atoms with van der Waals surface area (Å²) in [6.45, 7) is 8.73. The molecule has 23 heavy (non-hydrogen) atoms. The smallest absolute Gasteiger partial charge is 0.153 e. The van der Waals surface area contributed by atoms with Crippen LogP contribution in [0.15, 0.2) is 24.4 Å². The Kier molecular flexibility index (Phi) is 5.08. The molecule has 0 spiro atoms. The van der Waals surface area contributed by atoms with Crippen LogP contribution >= 0.6 is 0 Å². The number of pyridine rings is 1. The van der Waals surface area contributed by atoms with Gasteiger partial charge in [-0.2, -0.15) is 5.10 Å². The Morgan fingerprint density at radius 3 is 2.91 bits per heavy atom. The fourth-order valence-corrected chi connectivity index (χ4v) is 3.58. The lowest BCUT2D eigenvalue weighted by Gasteiger charge is -2.32. The van der Waals surface area contributed by atoms with Crippen molar-refractivity contribution in [2.24, 2.45) is 5.92 Å². The molecule has 1 saturated heterocycles. The Balaban J connectivity index is 1.77. The van der Waals surface area contributed by atoms with Crippen LogP contribution < -0.4 is 5.32 Å². The summed E-state index contributed by atoms with van der Waals surface area (Å²) >= 11 is 0. The van der Waals surface area contributed by atoms with Crippen LogP contribution in [0.3, 0.4) is 0 Å². The van der Waals surface area contributed by atoms with Crippen LogP contribution in [0.25, 0.3) is 5.82 Å². The Morgan fingerprint density at radius 2 is 2.17 bits per heavy atom. The lowest BCUT2D eigenvalue weighted by molar-refractivity contribution is 0.166. The van der Waals surface area contributed by atoms with Gasteiger partial charge in [0.2, 0.25) is 0 Å². The summed E-state index contributed by atoms with van der Waals surface area (Å²) in [6, 6.07) is 5.95. The highest BCUT2D eigenvalue weighted by molar-refractivity contribution is 5.32. The van der Waals surface area contributed by atoms with Gasteiger partial charge in [0.15, 0.2) is 5.82 Å². The van der Waals surface area contributed by atoms with Crippen molar-refractivity contribution >= 4 is 0 Å². The van der Waals surface area contributed by atoms with Gasteiger partial charge in [-0.15, -0.1) is 0 Å². The van der Waals surface area contributed by atoms with Gasteiger partial charge in [0.05, 0.1) is 5.69 Å². The van der Waals surface area contributed by atoms with Crippen LogP contribution in [0, 0.1) is 19.8 Å². The molecule has 124 valence electrons. The third-order valence-electron chi connectivity index (χ3n) is 4.79. The van der Waals surface area contributed by atoms with Gasteiger partial charge < -0.3 is 5.32 Å². The maximum Gasteiger partial charge on any atom is 0.153 e. The molecule has 1 atom stereocenters. The van der Waals surface area contributed by atoms with Crippen molar-refractivity contribution in [1.29, 1.82) is 0 Å². The normalized spacial score (nSPS) is 19.2. The first kappa shape index (κ1) is 16.1. The Bertz CT molecular complexity index is 632. The first-order chi connectivity index (χ1) is 11.2. The lowest BCUT2D eigenvalue weighted by atomic mass is 9.97. The SMILES string of the molecule is CNCC1CCCN(Cc2c(C)nn(-c3ccccn3)c2C)C1. The predicted molar refractivity (Wildman–Crippen MR) is 92.8 cm³/mol. The van der Waals surface area contributed by atoms with Gasteiger partial charge in [-0.3, -0.25) is 4.90 Å². The van der Waals surface area contributed by atoms with E-state index < -0.39 is 0 Å². The zero-order valence-corrected chi connectivity index (χ0v) is 14.4. The number of nitrogens with one attached hydrogen (secondary N) is 1. The Hall–Kier alpha value is -1.72. The van der Waals surface area contributed by atoms with E-state index in [0.29, 0.717) is 0 Å². The Morgan fingerprint density at radius 1 is 1.30 bits per heavy atom. The molecule has 0 radical (unpaired) electrons. The second-order valence-corrected chi connectivity index (χ2v) is 6.55. The average molecular weight is 313 g/mol. The highest BCUT2D eigenvalue weighted by atomic mass is 15.3. The van der Waals surface area contributed by atoms with Crippen molar-refractivity contribution < 1.29 is 0 Å². The molecular formula is C18H27N5. The third-order valence-corrected chi connectivity index (χ3v) is 4.79. The maximum absolute atomic E-state index is 4.72. The van der Waals surface area contributed by atoms with Gasteiger partial charge in [0.1, 0.15) is 0 Å². The minimum absolute atomic E-state index is 0.764. The molecule has 1 aliphatic heterocycles. The van der Waals surface area contributed by atoms with E-state index in [2.05, 4.69) is 29.0 Å². The summed E-state index contributed by atoms with van der Waals surface area (Å²) < 4.78 is 1.97. The molecule has 0 bridgehead atoms. The number of piperidine rings is 1. The van der Waals surface area contributed by atoms with Crippen LogP contribution in [0.1, 0.15) is 29.8 Å². The van der Waals surface area contributed by atoms with Crippen molar-refractivity contribution in [2.75, 3.05) is 26.7 Å². The van der Waals surface area contributed by atoms with E-state index in [1.165, 1.54) is 37.2 Å². The van der Waals surface area contributed by atoms with Crippen LogP contribution in [0.5, 0.6) is 0 Å². The topological polar surface area (TPSA) is 46.0 Å². The molecule has 1 unspecified atom stereocenters. The zero-order valence-electron chi connectivity index (χ0n) is 14.4. The largest absolute Gasteiger partial charge is 0.319 e. The second kappa shape index (κ2) is 7.23. The minimum Gasteiger partial charge on any atom is -0.319 e. The molecule has 5 heteroatoms. The molecule has 1 aliphatic rings. The van der Waals surface area contributed by atoms with Crippen LogP contribution in [0.2, 0.25) is 0 Å². The monoisotopic (exact) mass is 313 g/mol. The first-order valence-corrected chi connectivity index (χ1v) is 8.52. The Labute approximate surface area is 138 Å². The van der Waals surface area contributed by atoms with Crippen molar-refractivity contribution in [3.8, 4) is 5.82 Å². The van der Waals surface area contributed by atoms with Gasteiger partial charge >= 0.3 is 0 Å². The van der Waals surface area contributed by atoms with Gasteiger partial charge in [-0.1, -0.05) is 6.07 Å². The summed E-state index contributed by atoms with van der Waals surface area (Å²) in [5.41, 5.74) is 3.67. The summed E-state index contributed by atoms with van der Waals surface area (Å²) in [4.78, 5) is 7.00. The number of hydrogen-bond donors (Lipinski definition) is 1. The lowest BCUT2D eigenvalue weighted by Crippen LogP contribution is -2.38. The van der Waals surface area contributed by atoms with E-state index in [-0.39, 0.29) is 0 Å². The van der Waals surface area contributed by atoms with Gasteiger partial charge in [-0.25, -0.2) is 9.67 Å². The summed E-state index contributed by atoms with van der Waals surface area (Å²) in [5, 5.41) is 8.04. The van der Waals surface area contributed by atoms with Crippen LogP contribution in [-0.2, 0) is 6.54 Å². The van der Waals surface area contributed by atoms with E-state index in [9.17, 15) is 0 Å². The van der Waals surface area contributed by atoms with E-state index in [1.54, 1.807) is 0 Å². The quantitative estimate of drug-likeness (QED) is 0.920. The molecule has 3 rings (SSSR count). The predicted octanol–water partition coefficient (Wildman–Crippen LogP) is 2.32. The van der Waals surface area contributed by atoms with E-state index in [4.69, 9.17) is 5.10 Å². The molecule has 0 amide bonds. The van der Waals surface area contributed by atoms with Crippen molar-refractivity contribution in [1.82, 2.24) is 25.0 Å². The molecule has 1 fully saturated rings. The molecular weight excluding hydrogens is 286 g/mol. The van der Waals surface area contributed by atoms with Crippen molar-refractivity contribution in [3.63, 3.8) is 0 Å². The van der Waals surface area contributed by atoms with Gasteiger partial charge in [0.25, 0.3) is 0 Å². The number of rotatable bonds is 5. The van der Waals surface area contributed by atoms with Crippen molar-refractivity contribution in [3.05, 3.63) is 41.3 Å². The molecule has 0 saturated carbocycles. The standard InChI is InChI=1S/C18H27N5/c1-14-17(13-22-10-6-7-16(12-22)11-19-3)15(2)23(21-14)18-8-4-5-9-20-18/h4-5,8-9,16,19H,6-7,10-13H2,1-3H3. The van der Waals surface area contributed by atoms with Gasteiger partial charge in [-0.05, 0) is 64.9 Å². The van der Waals surface area contributed by atoms with Crippen LogP contribution in [0.4, 0.5) is 0 Å². The molecule has 2 aromatic rings. The number of aromatic nitrogens is 3. The highest BCUT2D eigenvalue weighted by Gasteiger charge is 2.22. The number of hydrogen-bond acceptors (Lipinski definition) is 4. The van der Waals surface area contributed by atoms with Gasteiger partial charge in [0, 0.05) is 30.5 Å². The fraction of sp³-hybridized carbons (Fsp3) is 0.556. The van der Waals surface area contributed by atoms with Crippen molar-refractivity contribution in [2.45, 2.75) is 33.2 Å². The third kappa shape index (κ3) is 3.62. The second-order valence-electron chi connectivity index (χ2n) is 6.55. The average Bonchev–Trinajstić information content (AvgIpc) is 2.85. The number of aryl methyl sites for hydroxylation is 1. The molecule has 2 aromatic heterocycles. The fourth-order valence-electron chi connectivity index (χ4n) is 3.58. The minimum atomic E-state index is 0.764. The molecule has 0 aromatic carbocycles. The summed E-state index contributed by atoms with van der Waals surface area (Å²) in [7, 11) is 2.05. The highest BCUT2D eigenvalue weighted by Crippen LogP contribution is 2.22. The summed E-state index contributed by atoms with van der Waals surface area (Å²) in [5.74, 6) is 1.66. The van der Waals surface area contributed by atoms with E-state index >= 15 is 0 Å². The first-order valence-electron chi connectivity index (χ1n) is 8.52. The zero-order chi connectivity index (χ0) is 16.2. The molecule has 1 N–H and O–H groups in total. The maximum atomic E-state index is 4.72. The van der Waals surface area contributed by atoms with E-state index in [1.807, 2.05) is 36.1 Å². The number of likely N-dealkylation sites (tertiary alicyclic amines) is 1. The molecule has 3 heterocycles. The summed E-state index contributed by atoms with van der Waals surface area (Å²) in [6.07, 6.45) is 4.44. The van der Waals surface area contributed by atoms with Crippen LogP contribution in [-0.4, -0.2) is 46.3 Å². The van der Waals surface area contributed by atoms with E-state index in [0.717, 1.165) is 30.5 Å². The molecule has 5 nitrogen and oxygen atoms in total. The molecule has 0 aliphatic carbocycles.